The minimum atomic E-state index is -0.0329. The van der Waals surface area contributed by atoms with E-state index in [-0.39, 0.29) is 29.9 Å². The van der Waals surface area contributed by atoms with E-state index in [1.54, 1.807) is 17.6 Å². The summed E-state index contributed by atoms with van der Waals surface area (Å²) >= 11 is 0. The summed E-state index contributed by atoms with van der Waals surface area (Å²) in [5, 5.41) is 2.87. The van der Waals surface area contributed by atoms with E-state index in [0.29, 0.717) is 36.4 Å². The highest BCUT2D eigenvalue weighted by Crippen LogP contribution is 2.75. The van der Waals surface area contributed by atoms with Crippen molar-refractivity contribution in [2.24, 2.45) is 23.2 Å². The molecule has 0 aromatic heterocycles. The van der Waals surface area contributed by atoms with Crippen LogP contribution in [0.15, 0.2) is 18.2 Å². The van der Waals surface area contributed by atoms with Crippen molar-refractivity contribution in [2.75, 3.05) is 46.4 Å². The molecule has 8 rings (SSSR count). The number of nitrogens with one attached hydrogen (secondary N) is 1. The van der Waals surface area contributed by atoms with Crippen LogP contribution in [0.1, 0.15) is 49.7 Å². The van der Waals surface area contributed by atoms with Gasteiger partial charge in [-0.3, -0.25) is 9.69 Å². The third-order valence-corrected chi connectivity index (χ3v) is 11.6. The molecule has 192 valence electrons. The molecule has 3 saturated heterocycles. The topological polar surface area (TPSA) is 65.1 Å². The van der Waals surface area contributed by atoms with Crippen molar-refractivity contribution < 1.29 is 14.3 Å². The van der Waals surface area contributed by atoms with Gasteiger partial charge in [-0.15, -0.1) is 0 Å². The van der Waals surface area contributed by atoms with Crippen molar-refractivity contribution in [1.82, 2.24) is 20.0 Å². The Bertz CT molecular complexity index is 1140. The average molecular weight is 491 g/mol. The Morgan fingerprint density at radius 1 is 1.19 bits per heavy atom. The fourth-order valence-electron chi connectivity index (χ4n) is 10.3. The predicted octanol–water partition coefficient (Wildman–Crippen LogP) is 2.63. The van der Waals surface area contributed by atoms with Crippen LogP contribution in [0, 0.1) is 23.2 Å². The monoisotopic (exact) mass is 490 g/mol. The number of rotatable bonds is 3. The fourth-order valence-corrected chi connectivity index (χ4v) is 10.3. The second-order valence-electron chi connectivity index (χ2n) is 12.9. The van der Waals surface area contributed by atoms with Crippen molar-refractivity contribution >= 4 is 11.9 Å². The third kappa shape index (κ3) is 2.68. The van der Waals surface area contributed by atoms with Gasteiger partial charge >= 0.3 is 6.03 Å². The van der Waals surface area contributed by atoms with Crippen molar-refractivity contribution in [1.29, 1.82) is 0 Å². The third-order valence-electron chi connectivity index (χ3n) is 11.6. The number of likely N-dealkylation sites (tertiary alicyclic amines) is 2. The second kappa shape index (κ2) is 7.40. The van der Waals surface area contributed by atoms with Gasteiger partial charge in [-0.05, 0) is 97.9 Å². The number of hydrogen-bond donors (Lipinski definition) is 1. The number of urea groups is 1. The Balaban J connectivity index is 1.21. The van der Waals surface area contributed by atoms with Crippen molar-refractivity contribution in [2.45, 2.75) is 62.4 Å². The van der Waals surface area contributed by atoms with Gasteiger partial charge in [0.1, 0.15) is 12.3 Å². The zero-order chi connectivity index (χ0) is 24.2. The zero-order valence-electron chi connectivity index (χ0n) is 21.4. The first kappa shape index (κ1) is 21.8. The van der Waals surface area contributed by atoms with E-state index in [0.717, 1.165) is 24.6 Å². The van der Waals surface area contributed by atoms with Gasteiger partial charge in [0.15, 0.2) is 0 Å². The molecule has 6 fully saturated rings. The van der Waals surface area contributed by atoms with Crippen LogP contribution >= 0.6 is 0 Å². The number of carbonyl (C=O) groups excluding carboxylic acids is 2. The van der Waals surface area contributed by atoms with Gasteiger partial charge in [0.05, 0.1) is 7.11 Å². The first-order valence-corrected chi connectivity index (χ1v) is 14.3. The van der Waals surface area contributed by atoms with Crippen molar-refractivity contribution in [3.05, 3.63) is 29.3 Å². The Morgan fingerprint density at radius 2 is 2.08 bits per heavy atom. The smallest absolute Gasteiger partial charge is 0.320 e. The van der Waals surface area contributed by atoms with Crippen LogP contribution in [0.2, 0.25) is 0 Å². The van der Waals surface area contributed by atoms with Crippen molar-refractivity contribution in [3.8, 4) is 5.75 Å². The molecule has 0 spiro atoms. The Hall–Kier alpha value is -2.28. The van der Waals surface area contributed by atoms with Gasteiger partial charge in [-0.25, -0.2) is 4.79 Å². The molecule has 6 atom stereocenters. The molecule has 4 aliphatic carbocycles. The molecule has 2 unspecified atom stereocenters. The van der Waals surface area contributed by atoms with E-state index < -0.39 is 0 Å². The van der Waals surface area contributed by atoms with Crippen LogP contribution in [-0.4, -0.2) is 85.1 Å². The molecule has 7 aliphatic rings. The molecule has 3 saturated carbocycles. The maximum Gasteiger partial charge on any atom is 0.320 e. The number of amides is 3. The summed E-state index contributed by atoms with van der Waals surface area (Å²) in [5.41, 5.74) is 3.54. The van der Waals surface area contributed by atoms with Crippen LogP contribution in [0.4, 0.5) is 4.79 Å². The molecule has 1 N–H and O–H groups in total. The molecule has 1 aromatic rings. The SMILES string of the molecule is COc1ccc2c(c1)[C@]13CCN(CC4CC4)[C@H](C2)[C@]12CCC1C3[C@@H](CN1C(=O)N1CCNC(=O)C1)C2. The largest absolute Gasteiger partial charge is 0.497 e. The maximum atomic E-state index is 13.8. The van der Waals surface area contributed by atoms with Crippen molar-refractivity contribution in [3.63, 3.8) is 0 Å². The van der Waals surface area contributed by atoms with Crippen LogP contribution < -0.4 is 10.1 Å². The van der Waals surface area contributed by atoms with Crippen LogP contribution in [0.3, 0.4) is 0 Å². The fraction of sp³-hybridized carbons (Fsp3) is 0.724. The van der Waals surface area contributed by atoms with E-state index in [9.17, 15) is 9.59 Å². The maximum absolute atomic E-state index is 13.8. The highest BCUT2D eigenvalue weighted by molar-refractivity contribution is 5.85. The molecule has 3 aliphatic heterocycles. The molecule has 3 heterocycles. The molecule has 36 heavy (non-hydrogen) atoms. The number of piperidine rings is 1. The zero-order valence-corrected chi connectivity index (χ0v) is 21.4. The Morgan fingerprint density at radius 3 is 2.89 bits per heavy atom. The van der Waals surface area contributed by atoms with E-state index in [1.807, 2.05) is 0 Å². The van der Waals surface area contributed by atoms with E-state index in [4.69, 9.17) is 4.74 Å². The lowest BCUT2D eigenvalue weighted by atomic mass is 9.43. The highest BCUT2D eigenvalue weighted by atomic mass is 16.5. The average Bonchev–Trinajstić information content (AvgIpc) is 3.58. The van der Waals surface area contributed by atoms with Gasteiger partial charge in [0.25, 0.3) is 0 Å². The quantitative estimate of drug-likeness (QED) is 0.708. The highest BCUT2D eigenvalue weighted by Gasteiger charge is 2.76. The lowest BCUT2D eigenvalue weighted by molar-refractivity contribution is -0.123. The Labute approximate surface area is 213 Å². The van der Waals surface area contributed by atoms with Crippen LogP contribution in [0.25, 0.3) is 0 Å². The minimum absolute atomic E-state index is 0.0329. The number of fused-ring (bicyclic) bond motifs is 1. The predicted molar refractivity (Wildman–Crippen MR) is 135 cm³/mol. The molecule has 0 radical (unpaired) electrons. The number of nitrogens with zero attached hydrogens (tertiary/aromatic N) is 3. The first-order chi connectivity index (χ1) is 17.5. The van der Waals surface area contributed by atoms with Gasteiger partial charge in [-0.2, -0.15) is 0 Å². The number of ether oxygens (including phenoxy) is 1. The lowest BCUT2D eigenvalue weighted by Gasteiger charge is -2.66. The molecule has 1 aromatic carbocycles. The number of hydrogen-bond acceptors (Lipinski definition) is 4. The van der Waals surface area contributed by atoms with Gasteiger partial charge < -0.3 is 19.9 Å². The summed E-state index contributed by atoms with van der Waals surface area (Å²) in [6.45, 7) is 4.73. The van der Waals surface area contributed by atoms with Gasteiger partial charge in [-0.1, -0.05) is 6.07 Å². The van der Waals surface area contributed by atoms with Gasteiger partial charge in [0.2, 0.25) is 5.91 Å². The molecule has 7 nitrogen and oxygen atoms in total. The summed E-state index contributed by atoms with van der Waals surface area (Å²) in [5.74, 6) is 2.93. The first-order valence-electron chi connectivity index (χ1n) is 14.3. The molecular formula is C29H38N4O3. The summed E-state index contributed by atoms with van der Waals surface area (Å²) in [6, 6.07) is 7.90. The van der Waals surface area contributed by atoms with E-state index in [1.165, 1.54) is 57.2 Å². The minimum Gasteiger partial charge on any atom is -0.497 e. The molecular weight excluding hydrogens is 452 g/mol. The lowest BCUT2D eigenvalue weighted by Crippen LogP contribution is -2.70. The summed E-state index contributed by atoms with van der Waals surface area (Å²) < 4.78 is 5.76. The summed E-state index contributed by atoms with van der Waals surface area (Å²) in [7, 11) is 1.79. The van der Waals surface area contributed by atoms with E-state index >= 15 is 0 Å². The number of carbonyl (C=O) groups is 2. The summed E-state index contributed by atoms with van der Waals surface area (Å²) in [4.78, 5) is 32.7. The molecule has 4 bridgehead atoms. The normalized spacial score (nSPS) is 40.5. The van der Waals surface area contributed by atoms with Crippen LogP contribution in [0.5, 0.6) is 5.75 Å². The number of benzene rings is 1. The van der Waals surface area contributed by atoms with Gasteiger partial charge in [0, 0.05) is 43.7 Å². The van der Waals surface area contributed by atoms with Crippen LogP contribution in [-0.2, 0) is 16.6 Å². The number of piperazine rings is 1. The number of methoxy groups -OCH3 is 1. The van der Waals surface area contributed by atoms with E-state index in [2.05, 4.69) is 33.3 Å². The molecule has 3 amide bonds. The summed E-state index contributed by atoms with van der Waals surface area (Å²) in [6.07, 6.45) is 8.79. The molecule has 7 heteroatoms. The Kier molecular flexibility index (Phi) is 4.47. The standard InChI is InChI=1S/C29H38N4O3/c1-36-21-5-4-19-12-24-28-7-6-23-26(29(28,22(19)13-21)8-10-31(24)15-18-2-3-18)20(14-28)16-33(23)27(35)32-11-9-30-25(34)17-32/h4-5,13,18,20,23-24,26H,2-3,6-12,14-17H2,1H3,(H,30,34)/t20-,23?,24-,26?,28-,29+/m1/s1. The second-order valence-corrected chi connectivity index (χ2v) is 12.9.